The minimum atomic E-state index is -3.33. The second-order valence-corrected chi connectivity index (χ2v) is 11.2. The van der Waals surface area contributed by atoms with E-state index in [9.17, 15) is 13.2 Å². The highest BCUT2D eigenvalue weighted by atomic mass is 32.2. The van der Waals surface area contributed by atoms with Gasteiger partial charge in [0.2, 0.25) is 0 Å². The van der Waals surface area contributed by atoms with Crippen molar-refractivity contribution in [3.8, 4) is 5.75 Å². The Bertz CT molecular complexity index is 1220. The molecule has 0 radical (unpaired) electrons. The fourth-order valence-electron chi connectivity index (χ4n) is 3.66. The zero-order chi connectivity index (χ0) is 23.4. The van der Waals surface area contributed by atoms with E-state index in [0.29, 0.717) is 36.0 Å². The molecule has 1 aliphatic heterocycles. The van der Waals surface area contributed by atoms with E-state index in [0.717, 1.165) is 36.1 Å². The second kappa shape index (κ2) is 10.2. The minimum absolute atomic E-state index is 0.0517. The Kier molecular flexibility index (Phi) is 7.31. The monoisotopic (exact) mass is 488 g/mol. The average Bonchev–Trinajstić information content (AvgIpc) is 3.46. The van der Waals surface area contributed by atoms with Crippen molar-refractivity contribution in [3.05, 3.63) is 48.0 Å². The van der Waals surface area contributed by atoms with Crippen LogP contribution in [0.4, 0.5) is 5.13 Å². The van der Waals surface area contributed by atoms with Crippen molar-refractivity contribution in [1.29, 1.82) is 0 Å². The van der Waals surface area contributed by atoms with Crippen LogP contribution in [0, 0.1) is 0 Å². The van der Waals surface area contributed by atoms with Gasteiger partial charge in [-0.25, -0.2) is 13.4 Å². The van der Waals surface area contributed by atoms with E-state index in [-0.39, 0.29) is 16.9 Å². The van der Waals surface area contributed by atoms with E-state index >= 15 is 0 Å². The van der Waals surface area contributed by atoms with Gasteiger partial charge in [0.25, 0.3) is 5.91 Å². The number of thiazole rings is 1. The van der Waals surface area contributed by atoms with Crippen LogP contribution in [-0.2, 0) is 14.6 Å². The molecule has 3 aromatic rings. The number of anilines is 1. The molecule has 0 spiro atoms. The van der Waals surface area contributed by atoms with Crippen molar-refractivity contribution >= 4 is 42.4 Å². The number of hydrogen-bond donors (Lipinski definition) is 0. The molecule has 1 fully saturated rings. The highest BCUT2D eigenvalue weighted by molar-refractivity contribution is 7.90. The van der Waals surface area contributed by atoms with Crippen LogP contribution in [-0.4, -0.2) is 51.4 Å². The third-order valence-corrected chi connectivity index (χ3v) is 7.68. The lowest BCUT2D eigenvalue weighted by Gasteiger charge is -2.23. The molecule has 1 aliphatic rings. The van der Waals surface area contributed by atoms with Crippen molar-refractivity contribution in [2.45, 2.75) is 43.6 Å². The van der Waals surface area contributed by atoms with E-state index in [4.69, 9.17) is 9.47 Å². The number of ether oxygens (including phenoxy) is 2. The molecule has 1 aromatic heterocycles. The molecule has 33 heavy (non-hydrogen) atoms. The van der Waals surface area contributed by atoms with Gasteiger partial charge in [-0.3, -0.25) is 9.69 Å². The zero-order valence-corrected chi connectivity index (χ0v) is 20.5. The summed E-state index contributed by atoms with van der Waals surface area (Å²) in [5.74, 6) is 0.562. The van der Waals surface area contributed by atoms with Crippen LogP contribution >= 0.6 is 11.3 Å². The molecule has 176 valence electrons. The maximum Gasteiger partial charge on any atom is 0.260 e. The normalized spacial score (nSPS) is 16.2. The fourth-order valence-corrected chi connectivity index (χ4v) is 5.40. The molecule has 0 bridgehead atoms. The SMILES string of the molecule is CCCCOc1ccc(C(=O)N(CC2CCCO2)c2nc3ccc(S(C)(=O)=O)cc3s2)cc1. The van der Waals surface area contributed by atoms with Crippen molar-refractivity contribution in [2.75, 3.05) is 30.9 Å². The second-order valence-electron chi connectivity index (χ2n) is 8.18. The molecular formula is C24H28N2O5S2. The average molecular weight is 489 g/mol. The molecule has 1 atom stereocenters. The largest absolute Gasteiger partial charge is 0.494 e. The summed E-state index contributed by atoms with van der Waals surface area (Å²) in [5.41, 5.74) is 1.19. The first-order valence-corrected chi connectivity index (χ1v) is 13.8. The van der Waals surface area contributed by atoms with Gasteiger partial charge in [-0.2, -0.15) is 0 Å². The summed E-state index contributed by atoms with van der Waals surface area (Å²) in [5, 5.41) is 0.527. The van der Waals surface area contributed by atoms with Crippen molar-refractivity contribution in [1.82, 2.24) is 4.98 Å². The number of unbranched alkanes of at least 4 members (excludes halogenated alkanes) is 1. The van der Waals surface area contributed by atoms with Crippen LogP contribution < -0.4 is 9.64 Å². The first kappa shape index (κ1) is 23.7. The van der Waals surface area contributed by atoms with Gasteiger partial charge in [0, 0.05) is 18.4 Å². The highest BCUT2D eigenvalue weighted by Crippen LogP contribution is 2.32. The van der Waals surface area contributed by atoms with Gasteiger partial charge in [-0.15, -0.1) is 0 Å². The summed E-state index contributed by atoms with van der Waals surface area (Å²) >= 11 is 1.31. The predicted octanol–water partition coefficient (Wildman–Crippen LogP) is 4.70. The van der Waals surface area contributed by atoms with E-state index < -0.39 is 9.84 Å². The van der Waals surface area contributed by atoms with Gasteiger partial charge in [0.05, 0.1) is 34.4 Å². The number of aromatic nitrogens is 1. The number of amides is 1. The first-order valence-electron chi connectivity index (χ1n) is 11.1. The lowest BCUT2D eigenvalue weighted by Crippen LogP contribution is -2.37. The summed E-state index contributed by atoms with van der Waals surface area (Å²) in [6, 6.07) is 12.0. The van der Waals surface area contributed by atoms with E-state index in [1.54, 1.807) is 35.2 Å². The number of fused-ring (bicyclic) bond motifs is 1. The number of carbonyl (C=O) groups excluding carboxylic acids is 1. The number of rotatable bonds is 9. The highest BCUT2D eigenvalue weighted by Gasteiger charge is 2.27. The lowest BCUT2D eigenvalue weighted by molar-refractivity contribution is 0.0917. The van der Waals surface area contributed by atoms with Crippen LogP contribution in [0.15, 0.2) is 47.4 Å². The number of benzene rings is 2. The molecule has 0 N–H and O–H groups in total. The van der Waals surface area contributed by atoms with Crippen LogP contribution in [0.3, 0.4) is 0 Å². The summed E-state index contributed by atoms with van der Waals surface area (Å²) in [6.07, 6.45) is 5.02. The molecule has 2 heterocycles. The van der Waals surface area contributed by atoms with E-state index in [1.165, 1.54) is 17.6 Å². The molecule has 1 unspecified atom stereocenters. The third kappa shape index (κ3) is 5.72. The van der Waals surface area contributed by atoms with Crippen LogP contribution in [0.25, 0.3) is 10.2 Å². The summed E-state index contributed by atoms with van der Waals surface area (Å²) in [6.45, 7) is 3.84. The molecule has 2 aromatic carbocycles. The molecule has 1 amide bonds. The van der Waals surface area contributed by atoms with Crippen LogP contribution in [0.1, 0.15) is 43.0 Å². The standard InChI is InChI=1S/C24H28N2O5S2/c1-3-4-13-30-18-9-7-17(8-10-18)23(27)26(16-19-6-5-14-31-19)24-25-21-12-11-20(33(2,28)29)15-22(21)32-24/h7-12,15,19H,3-6,13-14,16H2,1-2H3. The summed E-state index contributed by atoms with van der Waals surface area (Å²) in [4.78, 5) is 20.0. The minimum Gasteiger partial charge on any atom is -0.494 e. The summed E-state index contributed by atoms with van der Waals surface area (Å²) in [7, 11) is -3.33. The lowest BCUT2D eigenvalue weighted by atomic mass is 10.1. The van der Waals surface area contributed by atoms with Crippen LogP contribution in [0.5, 0.6) is 5.75 Å². The number of carbonyl (C=O) groups is 1. The van der Waals surface area contributed by atoms with Gasteiger partial charge in [0.15, 0.2) is 15.0 Å². The Morgan fingerprint density at radius 3 is 2.70 bits per heavy atom. The van der Waals surface area contributed by atoms with Crippen molar-refractivity contribution in [2.24, 2.45) is 0 Å². The van der Waals surface area contributed by atoms with Crippen LogP contribution in [0.2, 0.25) is 0 Å². The first-order chi connectivity index (χ1) is 15.8. The number of sulfone groups is 1. The molecule has 0 saturated carbocycles. The summed E-state index contributed by atoms with van der Waals surface area (Å²) < 4.78 is 36.1. The van der Waals surface area contributed by atoms with E-state index in [1.807, 2.05) is 12.1 Å². The van der Waals surface area contributed by atoms with E-state index in [2.05, 4.69) is 11.9 Å². The smallest absolute Gasteiger partial charge is 0.260 e. The molecule has 4 rings (SSSR count). The zero-order valence-electron chi connectivity index (χ0n) is 18.8. The van der Waals surface area contributed by atoms with Gasteiger partial charge >= 0.3 is 0 Å². The quantitative estimate of drug-likeness (QED) is 0.406. The Balaban J connectivity index is 1.62. The maximum absolute atomic E-state index is 13.5. The van der Waals surface area contributed by atoms with Gasteiger partial charge in [0.1, 0.15) is 5.75 Å². The molecule has 1 saturated heterocycles. The van der Waals surface area contributed by atoms with Gasteiger partial charge in [-0.1, -0.05) is 24.7 Å². The Morgan fingerprint density at radius 2 is 2.03 bits per heavy atom. The molecule has 9 heteroatoms. The Labute approximate surface area is 198 Å². The molecule has 7 nitrogen and oxygen atoms in total. The maximum atomic E-state index is 13.5. The topological polar surface area (TPSA) is 85.8 Å². The van der Waals surface area contributed by atoms with Gasteiger partial charge in [-0.05, 0) is 61.7 Å². The Hall–Kier alpha value is -2.49. The van der Waals surface area contributed by atoms with Gasteiger partial charge < -0.3 is 9.47 Å². The fraction of sp³-hybridized carbons (Fsp3) is 0.417. The number of nitrogens with zero attached hydrogens (tertiary/aromatic N) is 2. The Morgan fingerprint density at radius 1 is 1.24 bits per heavy atom. The molecule has 0 aliphatic carbocycles. The van der Waals surface area contributed by atoms with Crippen molar-refractivity contribution < 1.29 is 22.7 Å². The van der Waals surface area contributed by atoms with Crippen molar-refractivity contribution in [3.63, 3.8) is 0 Å². The molecular weight excluding hydrogens is 460 g/mol. The number of hydrogen-bond acceptors (Lipinski definition) is 7. The third-order valence-electron chi connectivity index (χ3n) is 5.53. The predicted molar refractivity (Wildman–Crippen MR) is 130 cm³/mol.